The van der Waals surface area contributed by atoms with Crippen LogP contribution >= 0.6 is 0 Å². The molecular weight excluding hydrogens is 188 g/mol. The first-order chi connectivity index (χ1) is 7.31. The topological polar surface area (TPSA) is 18.5 Å². The average molecular weight is 212 g/mol. The third-order valence-electron chi connectivity index (χ3n) is 3.82. The lowest BCUT2D eigenvalue weighted by Crippen LogP contribution is -2.30. The second-order valence-corrected chi connectivity index (χ2v) is 5.20. The van der Waals surface area contributed by atoms with Gasteiger partial charge in [0, 0.05) is 12.8 Å². The van der Waals surface area contributed by atoms with Crippen molar-refractivity contribution < 1.29 is 9.47 Å². The predicted octanol–water partition coefficient (Wildman–Crippen LogP) is 3.50. The molecule has 0 unspecified atom stereocenters. The molecule has 0 bridgehead atoms. The Kier molecular flexibility index (Phi) is 4.04. The van der Waals surface area contributed by atoms with Crippen molar-refractivity contribution in [1.82, 2.24) is 0 Å². The van der Waals surface area contributed by atoms with Crippen molar-refractivity contribution in [3.8, 4) is 0 Å². The number of rotatable bonds is 0. The van der Waals surface area contributed by atoms with Crippen molar-refractivity contribution in [2.24, 2.45) is 5.92 Å². The largest absolute Gasteiger partial charge is 0.348 e. The molecule has 1 spiro atoms. The Labute approximate surface area is 93.3 Å². The van der Waals surface area contributed by atoms with Crippen molar-refractivity contribution in [3.63, 3.8) is 0 Å². The molecule has 2 heteroatoms. The molecule has 15 heavy (non-hydrogen) atoms. The lowest BCUT2D eigenvalue weighted by atomic mass is 9.91. The molecule has 0 aromatic carbocycles. The van der Waals surface area contributed by atoms with Crippen molar-refractivity contribution in [1.29, 1.82) is 0 Å². The van der Waals surface area contributed by atoms with Gasteiger partial charge < -0.3 is 9.47 Å². The minimum absolute atomic E-state index is 0.180. The Morgan fingerprint density at radius 1 is 0.867 bits per heavy atom. The van der Waals surface area contributed by atoms with E-state index < -0.39 is 0 Å². The van der Waals surface area contributed by atoms with E-state index in [1.165, 1.54) is 38.5 Å². The number of hydrogen-bond donors (Lipinski definition) is 0. The Balaban J connectivity index is 1.86. The van der Waals surface area contributed by atoms with E-state index in [0.29, 0.717) is 0 Å². The van der Waals surface area contributed by atoms with Crippen LogP contribution in [0.25, 0.3) is 0 Å². The molecule has 1 heterocycles. The SMILES string of the molecule is CC1CCCCC2(CCCC1)OCCO2. The zero-order valence-electron chi connectivity index (χ0n) is 9.96. The molecule has 0 aromatic rings. The molecule has 0 atom stereocenters. The molecule has 0 N–H and O–H groups in total. The zero-order chi connectivity index (χ0) is 10.6. The minimum Gasteiger partial charge on any atom is -0.348 e. The molecule has 1 aliphatic carbocycles. The van der Waals surface area contributed by atoms with Gasteiger partial charge in [0.1, 0.15) is 0 Å². The van der Waals surface area contributed by atoms with Crippen LogP contribution in [-0.2, 0) is 9.47 Å². The highest BCUT2D eigenvalue weighted by Gasteiger charge is 2.35. The maximum absolute atomic E-state index is 5.82. The van der Waals surface area contributed by atoms with Gasteiger partial charge in [-0.2, -0.15) is 0 Å². The lowest BCUT2D eigenvalue weighted by molar-refractivity contribution is -0.169. The van der Waals surface area contributed by atoms with Gasteiger partial charge in [-0.3, -0.25) is 0 Å². The molecule has 0 aromatic heterocycles. The van der Waals surface area contributed by atoms with Crippen LogP contribution in [0.1, 0.15) is 58.3 Å². The van der Waals surface area contributed by atoms with E-state index in [1.807, 2.05) is 0 Å². The van der Waals surface area contributed by atoms with E-state index in [1.54, 1.807) is 0 Å². The summed E-state index contributed by atoms with van der Waals surface area (Å²) in [7, 11) is 0. The lowest BCUT2D eigenvalue weighted by Gasteiger charge is -2.29. The van der Waals surface area contributed by atoms with Crippen molar-refractivity contribution in [2.75, 3.05) is 13.2 Å². The summed E-state index contributed by atoms with van der Waals surface area (Å²) < 4.78 is 11.6. The smallest absolute Gasteiger partial charge is 0.168 e. The van der Waals surface area contributed by atoms with Gasteiger partial charge in [-0.25, -0.2) is 0 Å². The van der Waals surface area contributed by atoms with Gasteiger partial charge in [0.2, 0.25) is 0 Å². The molecule has 2 rings (SSSR count). The molecule has 1 aliphatic heterocycles. The maximum Gasteiger partial charge on any atom is 0.168 e. The van der Waals surface area contributed by atoms with E-state index >= 15 is 0 Å². The fraction of sp³-hybridized carbons (Fsp3) is 1.00. The summed E-state index contributed by atoms with van der Waals surface area (Å²) in [6.07, 6.45) is 10.2. The van der Waals surface area contributed by atoms with Crippen LogP contribution < -0.4 is 0 Å². The normalized spacial score (nSPS) is 29.4. The molecule has 2 nitrogen and oxygen atoms in total. The van der Waals surface area contributed by atoms with Gasteiger partial charge in [-0.05, 0) is 18.8 Å². The zero-order valence-corrected chi connectivity index (χ0v) is 9.96. The van der Waals surface area contributed by atoms with Gasteiger partial charge in [-0.15, -0.1) is 0 Å². The fourth-order valence-corrected chi connectivity index (χ4v) is 2.83. The molecule has 88 valence electrons. The predicted molar refractivity (Wildman–Crippen MR) is 60.7 cm³/mol. The van der Waals surface area contributed by atoms with E-state index in [0.717, 1.165) is 32.0 Å². The van der Waals surface area contributed by atoms with Crippen LogP contribution in [-0.4, -0.2) is 19.0 Å². The second-order valence-electron chi connectivity index (χ2n) is 5.20. The van der Waals surface area contributed by atoms with Crippen LogP contribution in [0.3, 0.4) is 0 Å². The van der Waals surface area contributed by atoms with Crippen molar-refractivity contribution >= 4 is 0 Å². The number of hydrogen-bond acceptors (Lipinski definition) is 2. The summed E-state index contributed by atoms with van der Waals surface area (Å²) in [5, 5.41) is 0. The first-order valence-corrected chi connectivity index (χ1v) is 6.59. The highest BCUT2D eigenvalue weighted by Crippen LogP contribution is 2.33. The van der Waals surface area contributed by atoms with Gasteiger partial charge in [0.15, 0.2) is 5.79 Å². The van der Waals surface area contributed by atoms with Crippen molar-refractivity contribution in [2.45, 2.75) is 64.1 Å². The van der Waals surface area contributed by atoms with Gasteiger partial charge >= 0.3 is 0 Å². The van der Waals surface area contributed by atoms with Crippen LogP contribution in [0, 0.1) is 5.92 Å². The average Bonchev–Trinajstić information content (AvgIpc) is 2.69. The molecular formula is C13H24O2. The first kappa shape index (κ1) is 11.4. The summed E-state index contributed by atoms with van der Waals surface area (Å²) in [5.74, 6) is 0.741. The van der Waals surface area contributed by atoms with E-state index in [2.05, 4.69) is 6.92 Å². The number of ether oxygens (including phenoxy) is 2. The fourth-order valence-electron chi connectivity index (χ4n) is 2.83. The Morgan fingerprint density at radius 3 is 1.93 bits per heavy atom. The molecule has 0 amide bonds. The quantitative estimate of drug-likeness (QED) is 0.612. The van der Waals surface area contributed by atoms with E-state index in [4.69, 9.17) is 9.47 Å². The third-order valence-corrected chi connectivity index (χ3v) is 3.82. The molecule has 0 radical (unpaired) electrons. The van der Waals surface area contributed by atoms with E-state index in [-0.39, 0.29) is 5.79 Å². The van der Waals surface area contributed by atoms with Crippen LogP contribution in [0.15, 0.2) is 0 Å². The van der Waals surface area contributed by atoms with Crippen LogP contribution in [0.2, 0.25) is 0 Å². The summed E-state index contributed by atoms with van der Waals surface area (Å²) in [6, 6.07) is 0. The van der Waals surface area contributed by atoms with E-state index in [9.17, 15) is 0 Å². The highest BCUT2D eigenvalue weighted by molar-refractivity contribution is 4.75. The Bertz CT molecular complexity index is 171. The summed E-state index contributed by atoms with van der Waals surface area (Å²) >= 11 is 0. The highest BCUT2D eigenvalue weighted by atomic mass is 16.7. The minimum atomic E-state index is -0.180. The molecule has 2 fully saturated rings. The summed E-state index contributed by atoms with van der Waals surface area (Å²) in [5.41, 5.74) is 0. The summed E-state index contributed by atoms with van der Waals surface area (Å²) in [4.78, 5) is 0. The Morgan fingerprint density at radius 2 is 1.40 bits per heavy atom. The standard InChI is InChI=1S/C13H24O2/c1-12-6-2-4-8-13(9-5-3-7-12)14-10-11-15-13/h12H,2-11H2,1H3. The molecule has 1 saturated heterocycles. The monoisotopic (exact) mass is 212 g/mol. The third kappa shape index (κ3) is 3.18. The maximum atomic E-state index is 5.82. The van der Waals surface area contributed by atoms with Gasteiger partial charge in [0.05, 0.1) is 13.2 Å². The second kappa shape index (κ2) is 5.31. The molecule has 1 saturated carbocycles. The Hall–Kier alpha value is -0.0800. The summed E-state index contributed by atoms with van der Waals surface area (Å²) in [6.45, 7) is 3.99. The van der Waals surface area contributed by atoms with Crippen LogP contribution in [0.4, 0.5) is 0 Å². The van der Waals surface area contributed by atoms with Gasteiger partial charge in [-0.1, -0.05) is 32.6 Å². The molecule has 2 aliphatic rings. The van der Waals surface area contributed by atoms with Crippen molar-refractivity contribution in [3.05, 3.63) is 0 Å². The van der Waals surface area contributed by atoms with Crippen LogP contribution in [0.5, 0.6) is 0 Å². The van der Waals surface area contributed by atoms with Gasteiger partial charge in [0.25, 0.3) is 0 Å². The first-order valence-electron chi connectivity index (χ1n) is 6.59.